The second-order valence-corrected chi connectivity index (χ2v) is 7.89. The summed E-state index contributed by atoms with van der Waals surface area (Å²) in [5.74, 6) is 1.12. The molecule has 1 aliphatic carbocycles. The van der Waals surface area contributed by atoms with E-state index in [2.05, 4.69) is 22.5 Å². The summed E-state index contributed by atoms with van der Waals surface area (Å²) >= 11 is 3.60. The van der Waals surface area contributed by atoms with Gasteiger partial charge in [-0.1, -0.05) is 19.8 Å². The molecule has 2 atom stereocenters. The molecule has 0 spiro atoms. The molecule has 1 fully saturated rings. The quantitative estimate of drug-likeness (QED) is 0.877. The van der Waals surface area contributed by atoms with Gasteiger partial charge < -0.3 is 10.6 Å². The van der Waals surface area contributed by atoms with E-state index in [-0.39, 0.29) is 6.03 Å². The van der Waals surface area contributed by atoms with Crippen molar-refractivity contribution < 1.29 is 4.79 Å². The largest absolute Gasteiger partial charge is 0.334 e. The van der Waals surface area contributed by atoms with E-state index in [1.807, 2.05) is 24.9 Å². The standard InChI is InChI=1S/C14H23N3OS2/c1-3-19-13-7-5-4-6-12(13)17-14(18)16-9-11-8-15-10(2)20-11/h8,12-13H,3-7,9H2,1-2H3,(H2,16,17,18)/t12-,13+/m0/s1. The lowest BCUT2D eigenvalue weighted by molar-refractivity contribution is 0.233. The molecule has 0 radical (unpaired) electrons. The van der Waals surface area contributed by atoms with Gasteiger partial charge in [-0.3, -0.25) is 0 Å². The van der Waals surface area contributed by atoms with Gasteiger partial charge in [0.15, 0.2) is 0 Å². The van der Waals surface area contributed by atoms with E-state index in [1.165, 1.54) is 19.3 Å². The highest BCUT2D eigenvalue weighted by atomic mass is 32.2. The maximum absolute atomic E-state index is 12.0. The fourth-order valence-corrected chi connectivity index (χ4v) is 4.48. The van der Waals surface area contributed by atoms with Crippen molar-refractivity contribution in [3.63, 3.8) is 0 Å². The van der Waals surface area contributed by atoms with E-state index in [4.69, 9.17) is 0 Å². The van der Waals surface area contributed by atoms with Crippen LogP contribution < -0.4 is 10.6 Å². The molecule has 4 nitrogen and oxygen atoms in total. The molecule has 112 valence electrons. The number of carbonyl (C=O) groups excluding carboxylic acids is 1. The van der Waals surface area contributed by atoms with Gasteiger partial charge in [0.1, 0.15) is 0 Å². The molecule has 0 unspecified atom stereocenters. The van der Waals surface area contributed by atoms with Gasteiger partial charge in [0.05, 0.1) is 11.6 Å². The van der Waals surface area contributed by atoms with E-state index < -0.39 is 0 Å². The van der Waals surface area contributed by atoms with Gasteiger partial charge in [0.2, 0.25) is 0 Å². The van der Waals surface area contributed by atoms with Crippen LogP contribution in [0.5, 0.6) is 0 Å². The summed E-state index contributed by atoms with van der Waals surface area (Å²) in [4.78, 5) is 17.3. The normalized spacial score (nSPS) is 22.5. The van der Waals surface area contributed by atoms with Crippen molar-refractivity contribution in [1.82, 2.24) is 15.6 Å². The fourth-order valence-electron chi connectivity index (χ4n) is 2.55. The van der Waals surface area contributed by atoms with Crippen molar-refractivity contribution in [2.75, 3.05) is 5.75 Å². The predicted octanol–water partition coefficient (Wildman–Crippen LogP) is 3.32. The Kier molecular flexibility index (Phi) is 6.16. The predicted molar refractivity (Wildman–Crippen MR) is 86.4 cm³/mol. The first-order chi connectivity index (χ1) is 9.69. The molecule has 1 aromatic heterocycles. The Balaban J connectivity index is 1.77. The number of nitrogens with one attached hydrogen (secondary N) is 2. The SMILES string of the molecule is CCS[C@@H]1CCCC[C@@H]1NC(=O)NCc1cnc(C)s1. The van der Waals surface area contributed by atoms with Crippen molar-refractivity contribution in [3.8, 4) is 0 Å². The second-order valence-electron chi connectivity index (χ2n) is 5.06. The van der Waals surface area contributed by atoms with Crippen LogP contribution in [0.25, 0.3) is 0 Å². The van der Waals surface area contributed by atoms with E-state index in [1.54, 1.807) is 11.3 Å². The maximum atomic E-state index is 12.0. The van der Waals surface area contributed by atoms with Crippen LogP contribution in [0.15, 0.2) is 6.20 Å². The third-order valence-electron chi connectivity index (χ3n) is 3.49. The molecule has 0 aromatic carbocycles. The number of hydrogen-bond donors (Lipinski definition) is 2. The Hall–Kier alpha value is -0.750. The lowest BCUT2D eigenvalue weighted by Gasteiger charge is -2.31. The molecule has 20 heavy (non-hydrogen) atoms. The Morgan fingerprint density at radius 3 is 3.00 bits per heavy atom. The van der Waals surface area contributed by atoms with E-state index in [0.717, 1.165) is 22.1 Å². The number of amides is 2. The van der Waals surface area contributed by atoms with Crippen LogP contribution in [0.1, 0.15) is 42.5 Å². The van der Waals surface area contributed by atoms with Gasteiger partial charge in [-0.25, -0.2) is 9.78 Å². The number of rotatable bonds is 5. The minimum Gasteiger partial charge on any atom is -0.334 e. The van der Waals surface area contributed by atoms with Gasteiger partial charge in [-0.05, 0) is 25.5 Å². The molecule has 1 saturated carbocycles. The molecular weight excluding hydrogens is 290 g/mol. The Morgan fingerprint density at radius 2 is 2.30 bits per heavy atom. The lowest BCUT2D eigenvalue weighted by Crippen LogP contribution is -2.47. The molecule has 2 N–H and O–H groups in total. The summed E-state index contributed by atoms with van der Waals surface area (Å²) < 4.78 is 0. The van der Waals surface area contributed by atoms with E-state index in [0.29, 0.717) is 17.8 Å². The van der Waals surface area contributed by atoms with Crippen molar-refractivity contribution in [2.24, 2.45) is 0 Å². The van der Waals surface area contributed by atoms with Gasteiger partial charge in [0.25, 0.3) is 0 Å². The molecule has 0 saturated heterocycles. The molecule has 1 aliphatic rings. The van der Waals surface area contributed by atoms with Crippen LogP contribution in [0.4, 0.5) is 4.79 Å². The number of aryl methyl sites for hydroxylation is 1. The molecule has 1 aromatic rings. The first kappa shape index (κ1) is 15.6. The first-order valence-corrected chi connectivity index (χ1v) is 9.13. The highest BCUT2D eigenvalue weighted by molar-refractivity contribution is 7.99. The molecule has 0 bridgehead atoms. The van der Waals surface area contributed by atoms with Crippen LogP contribution in [0, 0.1) is 6.92 Å². The van der Waals surface area contributed by atoms with Gasteiger partial charge in [-0.15, -0.1) is 11.3 Å². The van der Waals surface area contributed by atoms with Gasteiger partial charge in [0, 0.05) is 22.4 Å². The first-order valence-electron chi connectivity index (χ1n) is 7.26. The third-order valence-corrected chi connectivity index (χ3v) is 5.73. The van der Waals surface area contributed by atoms with Crippen LogP contribution in [0.2, 0.25) is 0 Å². The van der Waals surface area contributed by atoms with Crippen molar-refractivity contribution in [3.05, 3.63) is 16.1 Å². The number of urea groups is 1. The molecule has 2 rings (SSSR count). The summed E-state index contributed by atoms with van der Waals surface area (Å²) in [5, 5.41) is 7.69. The van der Waals surface area contributed by atoms with Crippen molar-refractivity contribution >= 4 is 29.1 Å². The smallest absolute Gasteiger partial charge is 0.315 e. The number of hydrogen-bond acceptors (Lipinski definition) is 4. The number of nitrogens with zero attached hydrogens (tertiary/aromatic N) is 1. The van der Waals surface area contributed by atoms with Crippen molar-refractivity contribution in [2.45, 2.75) is 57.4 Å². The second kappa shape index (κ2) is 7.88. The highest BCUT2D eigenvalue weighted by Gasteiger charge is 2.26. The van der Waals surface area contributed by atoms with Gasteiger partial charge >= 0.3 is 6.03 Å². The number of aromatic nitrogens is 1. The fraction of sp³-hybridized carbons (Fsp3) is 0.714. The lowest BCUT2D eigenvalue weighted by atomic mass is 9.95. The summed E-state index contributed by atoms with van der Waals surface area (Å²) in [6.45, 7) is 4.72. The monoisotopic (exact) mass is 313 g/mol. The summed E-state index contributed by atoms with van der Waals surface area (Å²) in [6, 6.07) is 0.265. The number of thioether (sulfide) groups is 1. The average Bonchev–Trinajstić information content (AvgIpc) is 2.85. The zero-order valence-corrected chi connectivity index (χ0v) is 13.8. The maximum Gasteiger partial charge on any atom is 0.315 e. The molecule has 1 heterocycles. The Morgan fingerprint density at radius 1 is 1.50 bits per heavy atom. The molecular formula is C14H23N3OS2. The topological polar surface area (TPSA) is 54.0 Å². The summed E-state index contributed by atoms with van der Waals surface area (Å²) in [6.07, 6.45) is 6.66. The van der Waals surface area contributed by atoms with E-state index in [9.17, 15) is 4.79 Å². The third kappa shape index (κ3) is 4.66. The van der Waals surface area contributed by atoms with Crippen LogP contribution in [-0.2, 0) is 6.54 Å². The van der Waals surface area contributed by atoms with Crippen LogP contribution in [-0.4, -0.2) is 28.1 Å². The summed E-state index contributed by atoms with van der Waals surface area (Å²) in [7, 11) is 0. The number of thiazole rings is 1. The zero-order chi connectivity index (χ0) is 14.4. The van der Waals surface area contributed by atoms with Crippen LogP contribution >= 0.6 is 23.1 Å². The minimum atomic E-state index is -0.0512. The molecule has 0 aliphatic heterocycles. The summed E-state index contributed by atoms with van der Waals surface area (Å²) in [5.41, 5.74) is 0. The number of carbonyl (C=O) groups is 1. The Labute approximate surface area is 129 Å². The van der Waals surface area contributed by atoms with Gasteiger partial charge in [-0.2, -0.15) is 11.8 Å². The van der Waals surface area contributed by atoms with Crippen LogP contribution in [0.3, 0.4) is 0 Å². The minimum absolute atomic E-state index is 0.0512. The average molecular weight is 313 g/mol. The van der Waals surface area contributed by atoms with Crippen molar-refractivity contribution in [1.29, 1.82) is 0 Å². The Bertz CT molecular complexity index is 434. The highest BCUT2D eigenvalue weighted by Crippen LogP contribution is 2.28. The molecule has 6 heteroatoms. The zero-order valence-electron chi connectivity index (χ0n) is 12.1. The van der Waals surface area contributed by atoms with E-state index >= 15 is 0 Å². The molecule has 2 amide bonds.